The number of rotatable bonds is 0. The first-order valence-electron chi connectivity index (χ1n) is 5.32. The van der Waals surface area contributed by atoms with Gasteiger partial charge in [-0.05, 0) is 38.3 Å². The summed E-state index contributed by atoms with van der Waals surface area (Å²) in [5, 5.41) is 3.39. The topological polar surface area (TPSA) is 24.6 Å². The molecule has 76 valence electrons. The van der Waals surface area contributed by atoms with E-state index < -0.39 is 0 Å². The highest BCUT2D eigenvalue weighted by Gasteiger charge is 2.70. The molecule has 1 atom stereocenters. The molecule has 2 aliphatic rings. The maximum absolute atomic E-state index is 6.06. The van der Waals surface area contributed by atoms with Gasteiger partial charge in [-0.15, -0.1) is 0 Å². The molecule has 2 heteroatoms. The lowest BCUT2D eigenvalue weighted by molar-refractivity contribution is 0.168. The van der Waals surface area contributed by atoms with Crippen LogP contribution in [0, 0.1) is 5.41 Å². The monoisotopic (exact) mass is 183 g/mol. The molecule has 0 saturated carbocycles. The molecule has 2 fully saturated rings. The Labute approximate surface area is 81.0 Å². The zero-order valence-electron chi connectivity index (χ0n) is 9.24. The van der Waals surface area contributed by atoms with Crippen LogP contribution in [0.15, 0.2) is 0 Å². The fourth-order valence-electron chi connectivity index (χ4n) is 2.61. The molecule has 0 bridgehead atoms. The minimum atomic E-state index is 0.113. The van der Waals surface area contributed by atoms with Crippen LogP contribution in [0.5, 0.6) is 0 Å². The standard InChI is InChI=1S/C11H21NO/c1-9(2,3)10(4)11(13-10)5-7-12-8-6-11/h12H,5-8H2,1-4H3. The Morgan fingerprint density at radius 3 is 2.08 bits per heavy atom. The number of piperidine rings is 1. The fourth-order valence-corrected chi connectivity index (χ4v) is 2.61. The van der Waals surface area contributed by atoms with Gasteiger partial charge in [0.1, 0.15) is 11.2 Å². The molecule has 0 aromatic heterocycles. The van der Waals surface area contributed by atoms with E-state index in [9.17, 15) is 0 Å². The molecule has 2 saturated heterocycles. The Morgan fingerprint density at radius 1 is 1.15 bits per heavy atom. The number of epoxide rings is 1. The average Bonchev–Trinajstić information content (AvgIpc) is 2.58. The molecular weight excluding hydrogens is 162 g/mol. The summed E-state index contributed by atoms with van der Waals surface area (Å²) >= 11 is 0. The van der Waals surface area contributed by atoms with Crippen LogP contribution in [-0.2, 0) is 4.74 Å². The van der Waals surface area contributed by atoms with Gasteiger partial charge in [0.05, 0.1) is 0 Å². The van der Waals surface area contributed by atoms with Crippen molar-refractivity contribution in [3.8, 4) is 0 Å². The summed E-state index contributed by atoms with van der Waals surface area (Å²) in [6.45, 7) is 11.4. The summed E-state index contributed by atoms with van der Waals surface area (Å²) in [7, 11) is 0. The second-order valence-electron chi connectivity index (χ2n) is 5.63. The molecule has 1 spiro atoms. The van der Waals surface area contributed by atoms with E-state index >= 15 is 0 Å². The van der Waals surface area contributed by atoms with E-state index in [1.807, 2.05) is 0 Å². The maximum Gasteiger partial charge on any atom is 0.101 e. The molecule has 2 heterocycles. The summed E-state index contributed by atoms with van der Waals surface area (Å²) in [6.07, 6.45) is 2.36. The summed E-state index contributed by atoms with van der Waals surface area (Å²) < 4.78 is 6.06. The molecule has 0 aromatic carbocycles. The van der Waals surface area contributed by atoms with Crippen molar-refractivity contribution in [2.75, 3.05) is 13.1 Å². The Bertz CT molecular complexity index is 213. The lowest BCUT2D eigenvalue weighted by Gasteiger charge is -2.30. The van der Waals surface area contributed by atoms with Gasteiger partial charge in [-0.25, -0.2) is 0 Å². The SMILES string of the molecule is CC(C)(C)C1(C)OC12CCNCC2. The third-order valence-electron chi connectivity index (χ3n) is 4.07. The van der Waals surface area contributed by atoms with Crippen molar-refractivity contribution < 1.29 is 4.74 Å². The van der Waals surface area contributed by atoms with Crippen molar-refractivity contribution in [3.05, 3.63) is 0 Å². The van der Waals surface area contributed by atoms with Gasteiger partial charge in [-0.2, -0.15) is 0 Å². The highest BCUT2D eigenvalue weighted by molar-refractivity contribution is 5.19. The van der Waals surface area contributed by atoms with Gasteiger partial charge in [-0.3, -0.25) is 0 Å². The van der Waals surface area contributed by atoms with Crippen LogP contribution in [0.1, 0.15) is 40.5 Å². The van der Waals surface area contributed by atoms with E-state index in [1.165, 1.54) is 12.8 Å². The van der Waals surface area contributed by atoms with E-state index in [0.29, 0.717) is 0 Å². The number of ether oxygens (including phenoxy) is 1. The maximum atomic E-state index is 6.06. The zero-order valence-corrected chi connectivity index (χ0v) is 9.24. The molecule has 2 rings (SSSR count). The van der Waals surface area contributed by atoms with Crippen LogP contribution in [0.4, 0.5) is 0 Å². The second kappa shape index (κ2) is 2.48. The molecule has 0 radical (unpaired) electrons. The smallest absolute Gasteiger partial charge is 0.101 e. The Kier molecular flexibility index (Phi) is 1.81. The first-order valence-corrected chi connectivity index (χ1v) is 5.32. The van der Waals surface area contributed by atoms with Crippen molar-refractivity contribution in [2.24, 2.45) is 5.41 Å². The summed E-state index contributed by atoms with van der Waals surface area (Å²) in [5.41, 5.74) is 0.586. The van der Waals surface area contributed by atoms with Crippen molar-refractivity contribution in [2.45, 2.75) is 51.7 Å². The van der Waals surface area contributed by atoms with Crippen molar-refractivity contribution in [1.82, 2.24) is 5.32 Å². The van der Waals surface area contributed by atoms with E-state index in [2.05, 4.69) is 33.0 Å². The molecular formula is C11H21NO. The van der Waals surface area contributed by atoms with E-state index in [1.54, 1.807) is 0 Å². The number of hydrogen-bond acceptors (Lipinski definition) is 2. The van der Waals surface area contributed by atoms with Crippen LogP contribution < -0.4 is 5.32 Å². The van der Waals surface area contributed by atoms with Crippen LogP contribution in [-0.4, -0.2) is 24.3 Å². The van der Waals surface area contributed by atoms with E-state index in [4.69, 9.17) is 4.74 Å². The van der Waals surface area contributed by atoms with Crippen molar-refractivity contribution in [3.63, 3.8) is 0 Å². The van der Waals surface area contributed by atoms with Gasteiger partial charge in [-0.1, -0.05) is 20.8 Å². The first-order chi connectivity index (χ1) is 5.91. The molecule has 0 aromatic rings. The molecule has 2 aliphatic heterocycles. The second-order valence-corrected chi connectivity index (χ2v) is 5.63. The molecule has 2 nitrogen and oxygen atoms in total. The molecule has 13 heavy (non-hydrogen) atoms. The Hall–Kier alpha value is -0.0800. The lowest BCUT2D eigenvalue weighted by atomic mass is 9.71. The molecule has 1 unspecified atom stereocenters. The van der Waals surface area contributed by atoms with Gasteiger partial charge in [0.15, 0.2) is 0 Å². The quantitative estimate of drug-likeness (QED) is 0.580. The molecule has 1 N–H and O–H groups in total. The highest BCUT2D eigenvalue weighted by atomic mass is 16.6. The van der Waals surface area contributed by atoms with E-state index in [-0.39, 0.29) is 16.6 Å². The molecule has 0 aliphatic carbocycles. The van der Waals surface area contributed by atoms with Crippen LogP contribution in [0.3, 0.4) is 0 Å². The van der Waals surface area contributed by atoms with Crippen LogP contribution in [0.2, 0.25) is 0 Å². The Morgan fingerprint density at radius 2 is 1.69 bits per heavy atom. The van der Waals surface area contributed by atoms with Crippen LogP contribution >= 0.6 is 0 Å². The van der Waals surface area contributed by atoms with Crippen molar-refractivity contribution in [1.29, 1.82) is 0 Å². The summed E-state index contributed by atoms with van der Waals surface area (Å²) in [4.78, 5) is 0. The van der Waals surface area contributed by atoms with Gasteiger partial charge in [0.25, 0.3) is 0 Å². The third kappa shape index (κ3) is 1.15. The van der Waals surface area contributed by atoms with Crippen LogP contribution in [0.25, 0.3) is 0 Å². The minimum absolute atomic E-state index is 0.113. The normalized spacial score (nSPS) is 37.8. The number of hydrogen-bond donors (Lipinski definition) is 1. The van der Waals surface area contributed by atoms with Crippen molar-refractivity contribution >= 4 is 0 Å². The summed E-state index contributed by atoms with van der Waals surface area (Å²) in [5.74, 6) is 0. The van der Waals surface area contributed by atoms with Gasteiger partial charge < -0.3 is 10.1 Å². The summed E-state index contributed by atoms with van der Waals surface area (Å²) in [6, 6.07) is 0. The third-order valence-corrected chi connectivity index (χ3v) is 4.07. The first kappa shape index (κ1) is 9.47. The van der Waals surface area contributed by atoms with Gasteiger partial charge in [0.2, 0.25) is 0 Å². The predicted molar refractivity (Wildman–Crippen MR) is 53.8 cm³/mol. The average molecular weight is 183 g/mol. The largest absolute Gasteiger partial charge is 0.362 e. The molecule has 0 amide bonds. The highest BCUT2D eigenvalue weighted by Crippen LogP contribution is 2.61. The Balaban J connectivity index is 2.14. The zero-order chi connectivity index (χ0) is 9.74. The van der Waals surface area contributed by atoms with Gasteiger partial charge in [0, 0.05) is 0 Å². The van der Waals surface area contributed by atoms with Gasteiger partial charge >= 0.3 is 0 Å². The van der Waals surface area contributed by atoms with E-state index in [0.717, 1.165) is 13.1 Å². The lowest BCUT2D eigenvalue weighted by Crippen LogP contribution is -2.42. The fraction of sp³-hybridized carbons (Fsp3) is 1.00. The predicted octanol–water partition coefficient (Wildman–Crippen LogP) is 1.94. The minimum Gasteiger partial charge on any atom is -0.362 e. The number of nitrogens with one attached hydrogen (secondary N) is 1.